The second-order valence-corrected chi connectivity index (χ2v) is 10.8. The third-order valence-electron chi connectivity index (χ3n) is 6.83. The van der Waals surface area contributed by atoms with Gasteiger partial charge in [0.15, 0.2) is 0 Å². The molecule has 0 saturated carbocycles. The second kappa shape index (κ2) is 10.7. The molecule has 37 heavy (non-hydrogen) atoms. The quantitative estimate of drug-likeness (QED) is 0.272. The molecule has 1 aliphatic carbocycles. The zero-order valence-corrected chi connectivity index (χ0v) is 22.0. The topological polar surface area (TPSA) is 85.6 Å². The summed E-state index contributed by atoms with van der Waals surface area (Å²) in [4.78, 5) is 32.5. The number of hydrogen-bond acceptors (Lipinski definition) is 6. The van der Waals surface area contributed by atoms with Crippen LogP contribution in [0.1, 0.15) is 53.4 Å². The van der Waals surface area contributed by atoms with Gasteiger partial charge < -0.3 is 4.74 Å². The molecule has 0 radical (unpaired) electrons. The number of amides is 1. The van der Waals surface area contributed by atoms with Crippen LogP contribution >= 0.6 is 11.3 Å². The Kier molecular flexibility index (Phi) is 7.19. The molecule has 0 saturated heterocycles. The Morgan fingerprint density at radius 2 is 2.00 bits per heavy atom. The molecule has 0 fully saturated rings. The molecule has 0 spiro atoms. The minimum atomic E-state index is -0.739. The van der Waals surface area contributed by atoms with Crippen molar-refractivity contribution in [2.24, 2.45) is 11.0 Å². The number of rotatable bonds is 7. The maximum Gasteiger partial charge on any atom is 0.263 e. The molecule has 0 aliphatic heterocycles. The van der Waals surface area contributed by atoms with Crippen LogP contribution in [0.5, 0.6) is 5.75 Å². The Morgan fingerprint density at radius 3 is 2.76 bits per heavy atom. The van der Waals surface area contributed by atoms with Crippen LogP contribution in [0, 0.1) is 12.8 Å². The summed E-state index contributed by atoms with van der Waals surface area (Å²) in [6, 6.07) is 15.0. The molecular formula is C29H30N4O3S. The summed E-state index contributed by atoms with van der Waals surface area (Å²) in [6.45, 7) is 6.47. The summed E-state index contributed by atoms with van der Waals surface area (Å²) in [7, 11) is 0. The van der Waals surface area contributed by atoms with Gasteiger partial charge in [0.05, 0.1) is 17.9 Å². The molecule has 2 heterocycles. The van der Waals surface area contributed by atoms with Crippen LogP contribution < -0.4 is 15.7 Å². The van der Waals surface area contributed by atoms with Crippen molar-refractivity contribution >= 4 is 33.7 Å². The van der Waals surface area contributed by atoms with Gasteiger partial charge in [0.1, 0.15) is 23.2 Å². The number of hydrazone groups is 1. The van der Waals surface area contributed by atoms with Gasteiger partial charge in [0.25, 0.3) is 11.5 Å². The summed E-state index contributed by atoms with van der Waals surface area (Å²) >= 11 is 1.60. The molecule has 0 unspecified atom stereocenters. The molecule has 1 amide bonds. The number of nitrogens with zero attached hydrogens (tertiary/aromatic N) is 3. The molecule has 0 bridgehead atoms. The number of ether oxygens (including phenoxy) is 1. The minimum absolute atomic E-state index is 0.162. The smallest absolute Gasteiger partial charge is 0.263 e. The lowest BCUT2D eigenvalue weighted by molar-refractivity contribution is -0.123. The molecule has 1 aliphatic rings. The molecule has 7 nitrogen and oxygen atoms in total. The third kappa shape index (κ3) is 5.49. The highest BCUT2D eigenvalue weighted by Crippen LogP contribution is 2.35. The van der Waals surface area contributed by atoms with E-state index in [0.29, 0.717) is 17.9 Å². The first-order valence-electron chi connectivity index (χ1n) is 12.5. The monoisotopic (exact) mass is 514 g/mol. The summed E-state index contributed by atoms with van der Waals surface area (Å²) in [5.74, 6) is 0.991. The van der Waals surface area contributed by atoms with Crippen LogP contribution in [0.4, 0.5) is 0 Å². The number of thiophene rings is 1. The zero-order valence-electron chi connectivity index (χ0n) is 21.2. The lowest BCUT2D eigenvalue weighted by Crippen LogP contribution is -2.34. The van der Waals surface area contributed by atoms with Gasteiger partial charge in [-0.05, 0) is 80.0 Å². The van der Waals surface area contributed by atoms with Crippen molar-refractivity contribution < 1.29 is 9.53 Å². The van der Waals surface area contributed by atoms with E-state index < -0.39 is 6.04 Å². The lowest BCUT2D eigenvalue weighted by Gasteiger charge is -2.18. The maximum absolute atomic E-state index is 13.3. The number of hydrogen-bond donors (Lipinski definition) is 1. The van der Waals surface area contributed by atoms with Crippen molar-refractivity contribution in [3.63, 3.8) is 0 Å². The minimum Gasteiger partial charge on any atom is -0.489 e. The zero-order chi connectivity index (χ0) is 25.9. The number of fused-ring (bicyclic) bond motifs is 3. The normalized spacial score (nSPS) is 16.0. The summed E-state index contributed by atoms with van der Waals surface area (Å²) in [5.41, 5.74) is 6.64. The van der Waals surface area contributed by atoms with E-state index in [4.69, 9.17) is 4.74 Å². The molecular weight excluding hydrogens is 484 g/mol. The van der Waals surface area contributed by atoms with Crippen molar-refractivity contribution in [2.45, 2.75) is 52.7 Å². The van der Waals surface area contributed by atoms with E-state index in [9.17, 15) is 9.59 Å². The van der Waals surface area contributed by atoms with Gasteiger partial charge >= 0.3 is 0 Å². The predicted molar refractivity (Wildman–Crippen MR) is 147 cm³/mol. The van der Waals surface area contributed by atoms with Crippen LogP contribution in [0.25, 0.3) is 10.2 Å². The van der Waals surface area contributed by atoms with Crippen molar-refractivity contribution in [2.75, 3.05) is 0 Å². The Hall–Kier alpha value is -3.78. The van der Waals surface area contributed by atoms with Crippen LogP contribution in [0.3, 0.4) is 0 Å². The SMILES string of the molecule is Cc1ccc(COc2ccc(/C=N\NC(=O)[C@@H](C)n3cnc4sc5c(c4c3=O)CC[C@H](C)C5)cc2)cc1. The van der Waals surface area contributed by atoms with Crippen LogP contribution in [-0.4, -0.2) is 21.7 Å². The molecule has 5 rings (SSSR count). The summed E-state index contributed by atoms with van der Waals surface area (Å²) in [5, 5.41) is 4.75. The van der Waals surface area contributed by atoms with Crippen LogP contribution in [-0.2, 0) is 24.2 Å². The van der Waals surface area contributed by atoms with Gasteiger partial charge in [-0.2, -0.15) is 5.10 Å². The Balaban J connectivity index is 1.20. The van der Waals surface area contributed by atoms with Crippen molar-refractivity contribution in [3.8, 4) is 5.75 Å². The Morgan fingerprint density at radius 1 is 1.24 bits per heavy atom. The predicted octanol–water partition coefficient (Wildman–Crippen LogP) is 5.18. The van der Waals surface area contributed by atoms with Gasteiger partial charge in [0, 0.05) is 4.88 Å². The molecule has 190 valence electrons. The van der Waals surface area contributed by atoms with Gasteiger partial charge in [-0.3, -0.25) is 14.2 Å². The highest BCUT2D eigenvalue weighted by atomic mass is 32.1. The van der Waals surface area contributed by atoms with Crippen molar-refractivity contribution in [1.29, 1.82) is 0 Å². The van der Waals surface area contributed by atoms with E-state index in [0.717, 1.165) is 46.5 Å². The third-order valence-corrected chi connectivity index (χ3v) is 7.99. The first-order chi connectivity index (χ1) is 17.9. The average molecular weight is 515 g/mol. The second-order valence-electron chi connectivity index (χ2n) is 9.74. The number of carbonyl (C=O) groups is 1. The van der Waals surface area contributed by atoms with E-state index in [1.165, 1.54) is 21.3 Å². The van der Waals surface area contributed by atoms with Crippen LogP contribution in [0.15, 0.2) is 64.8 Å². The highest BCUT2D eigenvalue weighted by molar-refractivity contribution is 7.18. The summed E-state index contributed by atoms with van der Waals surface area (Å²) in [6.07, 6.45) is 5.98. The Bertz CT molecular complexity index is 1500. The molecule has 1 N–H and O–H groups in total. The van der Waals surface area contributed by atoms with Gasteiger partial charge in [-0.1, -0.05) is 36.8 Å². The average Bonchev–Trinajstić information content (AvgIpc) is 3.27. The molecule has 8 heteroatoms. The number of aryl methyl sites for hydroxylation is 2. The number of aromatic nitrogens is 2. The van der Waals surface area contributed by atoms with E-state index >= 15 is 0 Å². The standard InChI is InChI=1S/C29H30N4O3S/c1-18-4-7-22(8-5-18)16-36-23-11-9-21(10-12-23)15-31-32-27(34)20(3)33-17-30-28-26(29(33)35)24-13-6-19(2)14-25(24)37-28/h4-5,7-12,15,17,19-20H,6,13-14,16H2,1-3H3,(H,32,34)/b31-15-/t19-,20+/m0/s1. The van der Waals surface area contributed by atoms with E-state index in [-0.39, 0.29) is 11.5 Å². The fraction of sp³-hybridized carbons (Fsp3) is 0.310. The van der Waals surface area contributed by atoms with Crippen LogP contribution in [0.2, 0.25) is 0 Å². The largest absolute Gasteiger partial charge is 0.489 e. The number of nitrogens with one attached hydrogen (secondary N) is 1. The lowest BCUT2D eigenvalue weighted by atomic mass is 9.89. The first kappa shape index (κ1) is 24.9. The van der Waals surface area contributed by atoms with Gasteiger partial charge in [-0.25, -0.2) is 10.4 Å². The van der Waals surface area contributed by atoms with E-state index in [1.807, 2.05) is 24.3 Å². The molecule has 2 aromatic carbocycles. The number of benzene rings is 2. The molecule has 2 aromatic heterocycles. The van der Waals surface area contributed by atoms with Gasteiger partial charge in [0.2, 0.25) is 0 Å². The van der Waals surface area contributed by atoms with Crippen molar-refractivity contribution in [3.05, 3.63) is 92.3 Å². The first-order valence-corrected chi connectivity index (χ1v) is 13.3. The van der Waals surface area contributed by atoms with E-state index in [2.05, 4.69) is 53.6 Å². The molecule has 4 aromatic rings. The number of carbonyl (C=O) groups excluding carboxylic acids is 1. The Labute approximate surface area is 219 Å². The fourth-order valence-electron chi connectivity index (χ4n) is 4.51. The van der Waals surface area contributed by atoms with Gasteiger partial charge in [-0.15, -0.1) is 11.3 Å². The molecule has 2 atom stereocenters. The summed E-state index contributed by atoms with van der Waals surface area (Å²) < 4.78 is 7.24. The van der Waals surface area contributed by atoms with E-state index in [1.54, 1.807) is 24.5 Å². The fourth-order valence-corrected chi connectivity index (χ4v) is 5.85. The highest BCUT2D eigenvalue weighted by Gasteiger charge is 2.25. The maximum atomic E-state index is 13.3. The van der Waals surface area contributed by atoms with Crippen molar-refractivity contribution in [1.82, 2.24) is 15.0 Å².